The van der Waals surface area contributed by atoms with Crippen LogP contribution < -0.4 is 10.2 Å². The van der Waals surface area contributed by atoms with E-state index in [0.29, 0.717) is 10.9 Å². The first-order chi connectivity index (χ1) is 9.78. The first kappa shape index (κ1) is 15.2. The van der Waals surface area contributed by atoms with Crippen molar-refractivity contribution in [1.29, 1.82) is 0 Å². The van der Waals surface area contributed by atoms with Crippen molar-refractivity contribution in [2.75, 3.05) is 6.61 Å². The van der Waals surface area contributed by atoms with Gasteiger partial charge in [-0.25, -0.2) is 0 Å². The van der Waals surface area contributed by atoms with E-state index in [1.165, 1.54) is 12.8 Å². The minimum atomic E-state index is -0.384. The molecule has 2 fully saturated rings. The number of hydrogen-bond donors (Lipinski definition) is 0. The highest BCUT2D eigenvalue weighted by atomic mass is 35.5. The monoisotopic (exact) mass is 308 g/mol. The first-order valence-electron chi connectivity index (χ1n) is 7.56. The van der Waals surface area contributed by atoms with Crippen molar-refractivity contribution in [2.45, 2.75) is 51.7 Å². The standard InChI is InChI=1S/C16H22BClO3/c1-15(2)16(3,4)21-17(20-15)12-7-8-14(13(18)9-12)19-10-11-5-6-11/h7-9,11H,5-6,10H2,1-4H3. The van der Waals surface area contributed by atoms with Crippen molar-refractivity contribution in [3.63, 3.8) is 0 Å². The van der Waals surface area contributed by atoms with Gasteiger partial charge in [0.15, 0.2) is 0 Å². The summed E-state index contributed by atoms with van der Waals surface area (Å²) in [4.78, 5) is 0. The zero-order chi connectivity index (χ0) is 15.3. The fraction of sp³-hybridized carbons (Fsp3) is 0.625. The SMILES string of the molecule is CC1(C)OB(c2ccc(OCC3CC3)c(Cl)c2)OC1(C)C. The quantitative estimate of drug-likeness (QED) is 0.798. The molecule has 1 aliphatic heterocycles. The normalized spacial score (nSPS) is 23.4. The van der Waals surface area contributed by atoms with Crippen LogP contribution in [-0.2, 0) is 9.31 Å². The van der Waals surface area contributed by atoms with Crippen LogP contribution in [0, 0.1) is 5.92 Å². The Bertz CT molecular complexity index is 524. The van der Waals surface area contributed by atoms with Crippen LogP contribution in [0.3, 0.4) is 0 Å². The summed E-state index contributed by atoms with van der Waals surface area (Å²) in [5.41, 5.74) is 0.244. The van der Waals surface area contributed by atoms with E-state index in [1.807, 2.05) is 45.9 Å². The molecule has 0 bridgehead atoms. The van der Waals surface area contributed by atoms with E-state index in [9.17, 15) is 0 Å². The summed E-state index contributed by atoms with van der Waals surface area (Å²) in [6.45, 7) is 8.93. The fourth-order valence-electron chi connectivity index (χ4n) is 2.25. The molecule has 0 atom stereocenters. The second-order valence-corrected chi connectivity index (χ2v) is 7.44. The molecule has 21 heavy (non-hydrogen) atoms. The van der Waals surface area contributed by atoms with E-state index in [-0.39, 0.29) is 18.3 Å². The molecule has 1 aromatic rings. The number of hydrogen-bond acceptors (Lipinski definition) is 3. The second kappa shape index (κ2) is 5.18. The van der Waals surface area contributed by atoms with Crippen LogP contribution in [0.15, 0.2) is 18.2 Å². The third-order valence-electron chi connectivity index (χ3n) is 4.65. The van der Waals surface area contributed by atoms with Crippen LogP contribution >= 0.6 is 11.6 Å². The first-order valence-corrected chi connectivity index (χ1v) is 7.94. The Morgan fingerprint density at radius 2 is 1.81 bits per heavy atom. The third kappa shape index (κ3) is 3.08. The molecule has 0 radical (unpaired) electrons. The van der Waals surface area contributed by atoms with Gasteiger partial charge in [-0.1, -0.05) is 17.7 Å². The molecule has 114 valence electrons. The van der Waals surface area contributed by atoms with Crippen molar-refractivity contribution in [2.24, 2.45) is 5.92 Å². The predicted octanol–water partition coefficient (Wildman–Crippen LogP) is 3.43. The van der Waals surface area contributed by atoms with Crippen LogP contribution in [0.4, 0.5) is 0 Å². The zero-order valence-electron chi connectivity index (χ0n) is 13.1. The largest absolute Gasteiger partial charge is 0.494 e. The van der Waals surface area contributed by atoms with Gasteiger partial charge >= 0.3 is 7.12 Å². The molecule has 3 rings (SSSR count). The Morgan fingerprint density at radius 1 is 1.19 bits per heavy atom. The maximum atomic E-state index is 6.32. The van der Waals surface area contributed by atoms with Gasteiger partial charge in [0.25, 0.3) is 0 Å². The Hall–Kier alpha value is -0.705. The van der Waals surface area contributed by atoms with Crippen molar-refractivity contribution >= 4 is 24.2 Å². The molecule has 1 heterocycles. The summed E-state index contributed by atoms with van der Waals surface area (Å²) in [5, 5.41) is 0.614. The highest BCUT2D eigenvalue weighted by Crippen LogP contribution is 2.37. The highest BCUT2D eigenvalue weighted by Gasteiger charge is 2.51. The fourth-order valence-corrected chi connectivity index (χ4v) is 2.50. The Kier molecular flexibility index (Phi) is 3.75. The van der Waals surface area contributed by atoms with E-state index in [1.54, 1.807) is 0 Å². The van der Waals surface area contributed by atoms with Crippen molar-refractivity contribution in [3.8, 4) is 5.75 Å². The Balaban J connectivity index is 1.73. The highest BCUT2D eigenvalue weighted by molar-refractivity contribution is 6.62. The summed E-state index contributed by atoms with van der Waals surface area (Å²) >= 11 is 6.32. The summed E-state index contributed by atoms with van der Waals surface area (Å²) in [6.07, 6.45) is 2.53. The van der Waals surface area contributed by atoms with Gasteiger partial charge in [-0.05, 0) is 64.1 Å². The summed E-state index contributed by atoms with van der Waals surface area (Å²) in [7, 11) is -0.384. The number of rotatable bonds is 4. The summed E-state index contributed by atoms with van der Waals surface area (Å²) in [6, 6.07) is 5.76. The van der Waals surface area contributed by atoms with Crippen molar-refractivity contribution in [3.05, 3.63) is 23.2 Å². The van der Waals surface area contributed by atoms with E-state index in [0.717, 1.165) is 17.8 Å². The lowest BCUT2D eigenvalue weighted by Crippen LogP contribution is -2.41. The predicted molar refractivity (Wildman–Crippen MR) is 85.4 cm³/mol. The minimum absolute atomic E-state index is 0.342. The lowest BCUT2D eigenvalue weighted by molar-refractivity contribution is 0.00578. The van der Waals surface area contributed by atoms with Crippen LogP contribution in [0.2, 0.25) is 5.02 Å². The van der Waals surface area contributed by atoms with E-state index < -0.39 is 0 Å². The van der Waals surface area contributed by atoms with E-state index in [2.05, 4.69) is 0 Å². The topological polar surface area (TPSA) is 27.7 Å². The van der Waals surface area contributed by atoms with Crippen molar-refractivity contribution < 1.29 is 14.0 Å². The van der Waals surface area contributed by atoms with Gasteiger partial charge in [0.05, 0.1) is 22.8 Å². The molecular formula is C16H22BClO3. The molecule has 5 heteroatoms. The molecule has 0 aromatic heterocycles. The van der Waals surface area contributed by atoms with Gasteiger partial charge in [-0.2, -0.15) is 0 Å². The minimum Gasteiger partial charge on any atom is -0.492 e. The van der Waals surface area contributed by atoms with Crippen molar-refractivity contribution in [1.82, 2.24) is 0 Å². The lowest BCUT2D eigenvalue weighted by Gasteiger charge is -2.32. The van der Waals surface area contributed by atoms with Gasteiger partial charge in [0.2, 0.25) is 0 Å². The zero-order valence-corrected chi connectivity index (χ0v) is 13.9. The Morgan fingerprint density at radius 3 is 2.33 bits per heavy atom. The number of ether oxygens (including phenoxy) is 1. The van der Waals surface area contributed by atoms with Crippen LogP contribution in [-0.4, -0.2) is 24.9 Å². The van der Waals surface area contributed by atoms with Gasteiger partial charge < -0.3 is 14.0 Å². The molecular weight excluding hydrogens is 286 g/mol. The average Bonchev–Trinajstić information content (AvgIpc) is 3.16. The molecule has 0 N–H and O–H groups in total. The molecule has 1 saturated carbocycles. The third-order valence-corrected chi connectivity index (χ3v) is 4.95. The second-order valence-electron chi connectivity index (χ2n) is 7.03. The van der Waals surface area contributed by atoms with Gasteiger partial charge in [0.1, 0.15) is 5.75 Å². The molecule has 0 unspecified atom stereocenters. The summed E-state index contributed by atoms with van der Waals surface area (Å²) in [5.74, 6) is 1.45. The van der Waals surface area contributed by atoms with Gasteiger partial charge in [-0.3, -0.25) is 0 Å². The van der Waals surface area contributed by atoms with E-state index in [4.69, 9.17) is 25.6 Å². The number of benzene rings is 1. The smallest absolute Gasteiger partial charge is 0.492 e. The van der Waals surface area contributed by atoms with Crippen LogP contribution in [0.5, 0.6) is 5.75 Å². The molecule has 1 saturated heterocycles. The van der Waals surface area contributed by atoms with Crippen LogP contribution in [0.1, 0.15) is 40.5 Å². The maximum Gasteiger partial charge on any atom is 0.494 e. The van der Waals surface area contributed by atoms with E-state index >= 15 is 0 Å². The molecule has 0 spiro atoms. The molecule has 1 aliphatic carbocycles. The average molecular weight is 309 g/mol. The summed E-state index contributed by atoms with van der Waals surface area (Å²) < 4.78 is 17.8. The van der Waals surface area contributed by atoms with Crippen LogP contribution in [0.25, 0.3) is 0 Å². The molecule has 2 aliphatic rings. The van der Waals surface area contributed by atoms with Gasteiger partial charge in [0, 0.05) is 0 Å². The van der Waals surface area contributed by atoms with Gasteiger partial charge in [-0.15, -0.1) is 0 Å². The number of halogens is 1. The lowest BCUT2D eigenvalue weighted by atomic mass is 9.79. The Labute approximate surface area is 132 Å². The molecule has 3 nitrogen and oxygen atoms in total. The molecule has 1 aromatic carbocycles. The maximum absolute atomic E-state index is 6.32. The molecule has 0 amide bonds.